The number of nitrogens with one attached hydrogen (secondary N) is 2. The van der Waals surface area contributed by atoms with Crippen LogP contribution in [0.1, 0.15) is 83.4 Å². The number of carbonyl (C=O) groups excluding carboxylic acids is 3. The molecule has 0 saturated heterocycles. The van der Waals surface area contributed by atoms with Crippen molar-refractivity contribution in [3.05, 3.63) is 61.8 Å². The first-order valence-electron chi connectivity index (χ1n) is 14.0. The lowest BCUT2D eigenvalue weighted by Crippen LogP contribution is -2.25. The van der Waals surface area contributed by atoms with Crippen LogP contribution in [0.3, 0.4) is 0 Å². The molecular formula is C28H34N6O6S2. The second-order valence-corrected chi connectivity index (χ2v) is 12.2. The molecule has 0 saturated carbocycles. The third-order valence-corrected chi connectivity index (χ3v) is 9.10. The summed E-state index contributed by atoms with van der Waals surface area (Å²) < 4.78 is 7.19. The molecule has 14 heteroatoms. The van der Waals surface area contributed by atoms with E-state index in [1.807, 2.05) is 4.57 Å². The number of rotatable bonds is 13. The van der Waals surface area contributed by atoms with Crippen molar-refractivity contribution in [3.63, 3.8) is 0 Å². The van der Waals surface area contributed by atoms with Gasteiger partial charge in [-0.2, -0.15) is 0 Å². The first-order chi connectivity index (χ1) is 20.2. The smallest absolute Gasteiger partial charge is 0.341 e. The number of aryl methyl sites for hydroxylation is 1. The number of unbranched alkanes of at least 4 members (excludes halogenated alkanes) is 1. The fraction of sp³-hybridized carbons (Fsp3) is 0.464. The molecule has 0 bridgehead atoms. The van der Waals surface area contributed by atoms with E-state index in [0.717, 1.165) is 49.0 Å². The number of nitrogens with zero attached hydrogens (tertiary/aromatic N) is 4. The number of thioether (sulfide) groups is 1. The van der Waals surface area contributed by atoms with Crippen molar-refractivity contribution in [2.75, 3.05) is 11.9 Å². The normalized spacial score (nSPS) is 13.2. The van der Waals surface area contributed by atoms with Crippen LogP contribution >= 0.6 is 23.1 Å². The van der Waals surface area contributed by atoms with E-state index in [4.69, 9.17) is 4.74 Å². The molecule has 1 aliphatic rings. The summed E-state index contributed by atoms with van der Waals surface area (Å²) in [6, 6.07) is 5.35. The van der Waals surface area contributed by atoms with Crippen LogP contribution in [0.15, 0.2) is 29.4 Å². The van der Waals surface area contributed by atoms with Crippen molar-refractivity contribution in [1.82, 2.24) is 20.1 Å². The number of ether oxygens (including phenoxy) is 1. The molecule has 1 atom stereocenters. The quantitative estimate of drug-likeness (QED) is 0.115. The third-order valence-electron chi connectivity index (χ3n) is 6.82. The average Bonchev–Trinajstić information content (AvgIpc) is 3.54. The van der Waals surface area contributed by atoms with E-state index in [1.165, 1.54) is 47.4 Å². The van der Waals surface area contributed by atoms with Crippen LogP contribution in [0.5, 0.6) is 0 Å². The summed E-state index contributed by atoms with van der Waals surface area (Å²) in [6.45, 7) is 6.55. The number of benzene rings is 1. The van der Waals surface area contributed by atoms with E-state index in [2.05, 4.69) is 27.8 Å². The van der Waals surface area contributed by atoms with Gasteiger partial charge in [0.15, 0.2) is 11.0 Å². The maximum Gasteiger partial charge on any atom is 0.341 e. The highest BCUT2D eigenvalue weighted by atomic mass is 32.2. The van der Waals surface area contributed by atoms with Gasteiger partial charge in [-0.25, -0.2) is 4.79 Å². The molecule has 3 aromatic rings. The van der Waals surface area contributed by atoms with Crippen molar-refractivity contribution in [2.45, 2.75) is 82.8 Å². The second kappa shape index (κ2) is 14.4. The number of hydrogen-bond acceptors (Lipinski definition) is 10. The SMILES string of the molecule is CCCCn1c(CNC(=O)c2ccc([N+](=O)[O-])cc2)nnc1S[C@@H](C)C(=O)Nc1sc2c(c1C(=O)OCC)CCCC2. The maximum absolute atomic E-state index is 13.3. The fourth-order valence-corrected chi connectivity index (χ4v) is 6.75. The number of carbonyl (C=O) groups is 3. The minimum absolute atomic E-state index is 0.0946. The lowest BCUT2D eigenvalue weighted by atomic mass is 9.95. The van der Waals surface area contributed by atoms with E-state index in [9.17, 15) is 24.5 Å². The molecule has 42 heavy (non-hydrogen) atoms. The van der Waals surface area contributed by atoms with Gasteiger partial charge < -0.3 is 19.9 Å². The fourth-order valence-electron chi connectivity index (χ4n) is 4.57. The molecular weight excluding hydrogens is 580 g/mol. The van der Waals surface area contributed by atoms with Crippen LogP contribution in [-0.2, 0) is 35.5 Å². The predicted octanol–water partition coefficient (Wildman–Crippen LogP) is 5.15. The zero-order valence-electron chi connectivity index (χ0n) is 23.8. The van der Waals surface area contributed by atoms with Crippen LogP contribution < -0.4 is 10.6 Å². The monoisotopic (exact) mass is 614 g/mol. The molecule has 0 unspecified atom stereocenters. The molecule has 2 amide bonds. The number of nitro groups is 1. The Balaban J connectivity index is 1.45. The van der Waals surface area contributed by atoms with Gasteiger partial charge in [-0.1, -0.05) is 25.1 Å². The Morgan fingerprint density at radius 3 is 2.60 bits per heavy atom. The number of fused-ring (bicyclic) bond motifs is 1. The van der Waals surface area contributed by atoms with E-state index >= 15 is 0 Å². The molecule has 0 fully saturated rings. The Morgan fingerprint density at radius 1 is 1.17 bits per heavy atom. The molecule has 12 nitrogen and oxygen atoms in total. The second-order valence-electron chi connectivity index (χ2n) is 9.78. The summed E-state index contributed by atoms with van der Waals surface area (Å²) in [7, 11) is 0. The number of thiophene rings is 1. The standard InChI is InChI=1S/C28H34N6O6S2/c1-4-6-15-33-22(16-29-25(36)18-11-13-19(14-12-18)34(38)39)31-32-28(33)41-17(3)24(35)30-26-23(27(37)40-5-2)20-9-7-8-10-21(20)42-26/h11-14,17H,4-10,15-16H2,1-3H3,(H,29,36)(H,30,35)/t17-/m0/s1. The lowest BCUT2D eigenvalue weighted by molar-refractivity contribution is -0.384. The van der Waals surface area contributed by atoms with Crippen molar-refractivity contribution in [1.29, 1.82) is 0 Å². The summed E-state index contributed by atoms with van der Waals surface area (Å²) in [6.07, 6.45) is 5.51. The summed E-state index contributed by atoms with van der Waals surface area (Å²) in [5.74, 6) is -0.535. The van der Waals surface area contributed by atoms with Crippen molar-refractivity contribution >= 4 is 51.6 Å². The average molecular weight is 615 g/mol. The first-order valence-corrected chi connectivity index (χ1v) is 15.7. The molecule has 1 aliphatic carbocycles. The molecule has 2 N–H and O–H groups in total. The van der Waals surface area contributed by atoms with Gasteiger partial charge in [-0.05, 0) is 63.6 Å². The predicted molar refractivity (Wildman–Crippen MR) is 160 cm³/mol. The molecule has 4 rings (SSSR count). The van der Waals surface area contributed by atoms with Crippen LogP contribution in [0, 0.1) is 10.1 Å². The minimum Gasteiger partial charge on any atom is -0.462 e. The summed E-state index contributed by atoms with van der Waals surface area (Å²) in [5.41, 5.74) is 1.65. The highest BCUT2D eigenvalue weighted by Crippen LogP contribution is 2.39. The van der Waals surface area contributed by atoms with Crippen LogP contribution in [0.4, 0.5) is 10.7 Å². The van der Waals surface area contributed by atoms with Crippen LogP contribution in [-0.4, -0.2) is 49.3 Å². The van der Waals surface area contributed by atoms with Crippen LogP contribution in [0.2, 0.25) is 0 Å². The summed E-state index contributed by atoms with van der Waals surface area (Å²) in [5, 5.41) is 25.7. The number of non-ortho nitro benzene ring substituents is 1. The molecule has 224 valence electrons. The maximum atomic E-state index is 13.3. The molecule has 2 heterocycles. The topological polar surface area (TPSA) is 158 Å². The van der Waals surface area contributed by atoms with Crippen molar-refractivity contribution < 1.29 is 24.0 Å². The zero-order valence-corrected chi connectivity index (χ0v) is 25.4. The van der Waals surface area contributed by atoms with Crippen molar-refractivity contribution in [3.8, 4) is 0 Å². The number of esters is 1. The Kier molecular flexibility index (Phi) is 10.7. The van der Waals surface area contributed by atoms with Crippen LogP contribution in [0.25, 0.3) is 0 Å². The Bertz CT molecular complexity index is 1450. The van der Waals surface area contributed by atoms with E-state index in [-0.39, 0.29) is 30.3 Å². The number of amides is 2. The van der Waals surface area contributed by atoms with Gasteiger partial charge in [0.05, 0.1) is 28.9 Å². The van der Waals surface area contributed by atoms with Gasteiger partial charge >= 0.3 is 5.97 Å². The molecule has 1 aromatic carbocycles. The number of anilines is 1. The van der Waals surface area contributed by atoms with Gasteiger partial charge in [-0.15, -0.1) is 21.5 Å². The highest BCUT2D eigenvalue weighted by Gasteiger charge is 2.29. The van der Waals surface area contributed by atoms with Gasteiger partial charge in [-0.3, -0.25) is 19.7 Å². The molecule has 0 spiro atoms. The minimum atomic E-state index is -0.550. The largest absolute Gasteiger partial charge is 0.462 e. The van der Waals surface area contributed by atoms with Gasteiger partial charge in [0.2, 0.25) is 5.91 Å². The molecule has 2 aromatic heterocycles. The molecule has 0 radical (unpaired) electrons. The van der Waals surface area contributed by atoms with E-state index in [0.29, 0.717) is 28.1 Å². The lowest BCUT2D eigenvalue weighted by Gasteiger charge is -2.14. The van der Waals surface area contributed by atoms with Gasteiger partial charge in [0, 0.05) is 29.1 Å². The highest BCUT2D eigenvalue weighted by molar-refractivity contribution is 8.00. The van der Waals surface area contributed by atoms with E-state index in [1.54, 1.807) is 13.8 Å². The van der Waals surface area contributed by atoms with E-state index < -0.39 is 22.0 Å². The molecule has 0 aliphatic heterocycles. The Morgan fingerprint density at radius 2 is 1.90 bits per heavy atom. The Hall–Kier alpha value is -3.78. The first kappa shape index (κ1) is 31.2. The van der Waals surface area contributed by atoms with Crippen molar-refractivity contribution in [2.24, 2.45) is 0 Å². The third kappa shape index (κ3) is 7.34. The number of hydrogen-bond donors (Lipinski definition) is 2. The number of aromatic nitrogens is 3. The van der Waals surface area contributed by atoms with Gasteiger partial charge in [0.25, 0.3) is 11.6 Å². The zero-order chi connectivity index (χ0) is 30.2. The number of nitro benzene ring substituents is 1. The summed E-state index contributed by atoms with van der Waals surface area (Å²) in [4.78, 5) is 50.2. The van der Waals surface area contributed by atoms with Gasteiger partial charge in [0.1, 0.15) is 5.00 Å². The Labute approximate surface area is 251 Å². The summed E-state index contributed by atoms with van der Waals surface area (Å²) >= 11 is 2.70.